The molecule has 0 heterocycles. The molecule has 0 saturated heterocycles. The van der Waals surface area contributed by atoms with Gasteiger partial charge in [-0.2, -0.15) is 0 Å². The lowest BCUT2D eigenvalue weighted by Gasteiger charge is -1.97. The van der Waals surface area contributed by atoms with Crippen molar-refractivity contribution in [1.82, 2.24) is 0 Å². The molecule has 0 saturated carbocycles. The van der Waals surface area contributed by atoms with Crippen LogP contribution in [0.15, 0.2) is 25.5 Å². The minimum Gasteiger partial charge on any atom is -0.461 e. The molecular formula is C11H18O4. The van der Waals surface area contributed by atoms with Crippen molar-refractivity contribution in [2.75, 3.05) is 6.61 Å². The van der Waals surface area contributed by atoms with E-state index in [0.29, 0.717) is 13.0 Å². The highest BCUT2D eigenvalue weighted by Crippen LogP contribution is 1.89. The molecule has 86 valence electrons. The van der Waals surface area contributed by atoms with Crippen LogP contribution in [-0.2, 0) is 19.1 Å². The quantitative estimate of drug-likeness (QED) is 0.400. The van der Waals surface area contributed by atoms with Crippen LogP contribution in [0, 0.1) is 0 Å². The Kier molecular flexibility index (Phi) is 13.1. The lowest BCUT2D eigenvalue weighted by atomic mass is 10.3. The van der Waals surface area contributed by atoms with E-state index in [-0.39, 0.29) is 11.9 Å². The van der Waals surface area contributed by atoms with Crippen LogP contribution >= 0.6 is 0 Å². The van der Waals surface area contributed by atoms with Crippen molar-refractivity contribution in [1.29, 1.82) is 0 Å². The fourth-order valence-electron chi connectivity index (χ4n) is 0.546. The van der Waals surface area contributed by atoms with Crippen LogP contribution in [-0.4, -0.2) is 18.5 Å². The molecule has 0 aliphatic heterocycles. The molecule has 0 amide bonds. The second kappa shape index (κ2) is 12.4. The summed E-state index contributed by atoms with van der Waals surface area (Å²) in [7, 11) is 0. The summed E-state index contributed by atoms with van der Waals surface area (Å²) >= 11 is 0. The molecule has 4 nitrogen and oxygen atoms in total. The maximum atomic E-state index is 10.5. The van der Waals surface area contributed by atoms with Crippen LogP contribution in [0.4, 0.5) is 0 Å². The zero-order valence-corrected chi connectivity index (χ0v) is 9.32. The van der Waals surface area contributed by atoms with E-state index < -0.39 is 0 Å². The Morgan fingerprint density at radius 1 is 1.33 bits per heavy atom. The maximum Gasteiger partial charge on any atom is 0.307 e. The summed E-state index contributed by atoms with van der Waals surface area (Å²) in [5.41, 5.74) is 0. The third-order valence-corrected chi connectivity index (χ3v) is 1.07. The first-order chi connectivity index (χ1) is 7.08. The summed E-state index contributed by atoms with van der Waals surface area (Å²) in [6, 6.07) is 0. The monoisotopic (exact) mass is 214 g/mol. The largest absolute Gasteiger partial charge is 0.461 e. The molecule has 0 rings (SSSR count). The normalized spacial score (nSPS) is 7.87. The van der Waals surface area contributed by atoms with Gasteiger partial charge in [-0.05, 0) is 6.42 Å². The van der Waals surface area contributed by atoms with E-state index in [1.807, 2.05) is 6.92 Å². The number of carbonyl (C=O) groups is 2. The number of hydrogen-bond donors (Lipinski definition) is 0. The van der Waals surface area contributed by atoms with Crippen LogP contribution in [0.1, 0.15) is 26.7 Å². The Morgan fingerprint density at radius 2 is 1.93 bits per heavy atom. The van der Waals surface area contributed by atoms with Gasteiger partial charge in [0.25, 0.3) is 0 Å². The summed E-state index contributed by atoms with van der Waals surface area (Å²) in [5.74, 6) is -0.470. The second-order valence-electron chi connectivity index (χ2n) is 2.50. The second-order valence-corrected chi connectivity index (χ2v) is 2.50. The molecule has 0 aromatic heterocycles. The number of esters is 2. The van der Waals surface area contributed by atoms with Gasteiger partial charge in [0.2, 0.25) is 0 Å². The van der Waals surface area contributed by atoms with Crippen molar-refractivity contribution >= 4 is 11.9 Å². The number of carbonyl (C=O) groups excluding carboxylic acids is 2. The van der Waals surface area contributed by atoms with Gasteiger partial charge in [-0.25, -0.2) is 0 Å². The fraction of sp³-hybridized carbons (Fsp3) is 0.455. The van der Waals surface area contributed by atoms with E-state index in [9.17, 15) is 9.59 Å². The minimum absolute atomic E-state index is 0.141. The van der Waals surface area contributed by atoms with E-state index >= 15 is 0 Å². The summed E-state index contributed by atoms with van der Waals surface area (Å²) in [5, 5.41) is 0. The molecule has 0 unspecified atom stereocenters. The van der Waals surface area contributed by atoms with Gasteiger partial charge in [0.05, 0.1) is 6.26 Å². The Hall–Kier alpha value is -1.58. The molecule has 0 aromatic rings. The molecule has 0 aliphatic carbocycles. The topological polar surface area (TPSA) is 52.6 Å². The fourth-order valence-corrected chi connectivity index (χ4v) is 0.546. The van der Waals surface area contributed by atoms with Gasteiger partial charge >= 0.3 is 11.9 Å². The van der Waals surface area contributed by atoms with Gasteiger partial charge < -0.3 is 9.47 Å². The number of ether oxygens (including phenoxy) is 2. The van der Waals surface area contributed by atoms with Crippen molar-refractivity contribution < 1.29 is 19.1 Å². The average molecular weight is 214 g/mol. The lowest BCUT2D eigenvalue weighted by Crippen LogP contribution is -2.02. The van der Waals surface area contributed by atoms with Crippen LogP contribution < -0.4 is 0 Å². The van der Waals surface area contributed by atoms with Crippen LogP contribution in [0.5, 0.6) is 0 Å². The van der Waals surface area contributed by atoms with Crippen LogP contribution in [0.25, 0.3) is 0 Å². The average Bonchev–Trinajstić information content (AvgIpc) is 2.16. The van der Waals surface area contributed by atoms with Gasteiger partial charge in [0.15, 0.2) is 0 Å². The molecule has 0 spiro atoms. The van der Waals surface area contributed by atoms with Crippen molar-refractivity contribution in [3.05, 3.63) is 25.5 Å². The molecule has 0 bridgehead atoms. The lowest BCUT2D eigenvalue weighted by molar-refractivity contribution is -0.142. The first-order valence-electron chi connectivity index (χ1n) is 4.63. The highest BCUT2D eigenvalue weighted by atomic mass is 16.5. The summed E-state index contributed by atoms with van der Waals surface area (Å²) in [6.45, 7) is 10.2. The molecule has 0 aliphatic rings. The Morgan fingerprint density at radius 3 is 2.20 bits per heavy atom. The van der Waals surface area contributed by atoms with Gasteiger partial charge in [-0.3, -0.25) is 9.59 Å². The zero-order valence-electron chi connectivity index (χ0n) is 9.32. The smallest absolute Gasteiger partial charge is 0.307 e. The predicted molar refractivity (Wildman–Crippen MR) is 58.0 cm³/mol. The SMILES string of the molecule is C=CCOC(=O)CCC.C=COC(C)=O. The van der Waals surface area contributed by atoms with Crippen LogP contribution in [0.3, 0.4) is 0 Å². The molecule has 15 heavy (non-hydrogen) atoms. The first kappa shape index (κ1) is 15.9. The standard InChI is InChI=1S/C7H12O2.C4H6O2/c1-3-5-7(8)9-6-4-2;1-3-6-4(2)5/h4H,2-3,5-6H2,1H3;3H,1H2,2H3. The van der Waals surface area contributed by atoms with Gasteiger partial charge in [0.1, 0.15) is 6.61 Å². The Balaban J connectivity index is 0. The summed E-state index contributed by atoms with van der Waals surface area (Å²) in [6.07, 6.45) is 4.01. The maximum absolute atomic E-state index is 10.5. The van der Waals surface area contributed by atoms with E-state index in [0.717, 1.165) is 12.7 Å². The molecule has 0 N–H and O–H groups in total. The molecular weight excluding hydrogens is 196 g/mol. The van der Waals surface area contributed by atoms with E-state index in [1.165, 1.54) is 6.92 Å². The third-order valence-electron chi connectivity index (χ3n) is 1.07. The third kappa shape index (κ3) is 19.0. The van der Waals surface area contributed by atoms with Crippen molar-refractivity contribution in [2.24, 2.45) is 0 Å². The molecule has 4 heteroatoms. The first-order valence-corrected chi connectivity index (χ1v) is 4.63. The minimum atomic E-state index is -0.329. The van der Waals surface area contributed by atoms with E-state index in [2.05, 4.69) is 22.6 Å². The highest BCUT2D eigenvalue weighted by Gasteiger charge is 1.96. The molecule has 0 radical (unpaired) electrons. The van der Waals surface area contributed by atoms with Gasteiger partial charge in [-0.15, -0.1) is 0 Å². The Labute approximate surface area is 90.6 Å². The van der Waals surface area contributed by atoms with E-state index in [4.69, 9.17) is 0 Å². The summed E-state index contributed by atoms with van der Waals surface area (Å²) < 4.78 is 8.84. The highest BCUT2D eigenvalue weighted by molar-refractivity contribution is 5.69. The van der Waals surface area contributed by atoms with E-state index in [1.54, 1.807) is 6.08 Å². The van der Waals surface area contributed by atoms with Crippen molar-refractivity contribution in [2.45, 2.75) is 26.7 Å². The van der Waals surface area contributed by atoms with Crippen LogP contribution in [0.2, 0.25) is 0 Å². The summed E-state index contributed by atoms with van der Waals surface area (Å²) in [4.78, 5) is 20.3. The van der Waals surface area contributed by atoms with Crippen molar-refractivity contribution in [3.8, 4) is 0 Å². The number of hydrogen-bond acceptors (Lipinski definition) is 4. The Bertz CT molecular complexity index is 209. The van der Waals surface area contributed by atoms with Gasteiger partial charge in [-0.1, -0.05) is 26.2 Å². The zero-order chi connectivity index (χ0) is 12.1. The molecule has 0 aromatic carbocycles. The van der Waals surface area contributed by atoms with Crippen molar-refractivity contribution in [3.63, 3.8) is 0 Å². The predicted octanol–water partition coefficient (Wildman–Crippen LogP) is 2.21. The number of rotatable bonds is 5. The molecule has 0 atom stereocenters. The molecule has 0 fully saturated rings. The van der Waals surface area contributed by atoms with Gasteiger partial charge in [0, 0.05) is 13.3 Å².